The van der Waals surface area contributed by atoms with Crippen molar-refractivity contribution in [3.8, 4) is 0 Å². The van der Waals surface area contributed by atoms with Gasteiger partial charge in [-0.1, -0.05) is 6.42 Å². The van der Waals surface area contributed by atoms with Crippen LogP contribution < -0.4 is 10.9 Å². The lowest BCUT2D eigenvalue weighted by molar-refractivity contribution is 0.0911. The van der Waals surface area contributed by atoms with E-state index in [1.165, 1.54) is 10.7 Å². The predicted molar refractivity (Wildman–Crippen MR) is 106 cm³/mol. The van der Waals surface area contributed by atoms with Crippen LogP contribution in [0.4, 0.5) is 0 Å². The Morgan fingerprint density at radius 2 is 2.11 bits per heavy atom. The molecule has 8 nitrogen and oxygen atoms in total. The van der Waals surface area contributed by atoms with Crippen molar-refractivity contribution in [1.82, 2.24) is 30.0 Å². The first-order valence-corrected chi connectivity index (χ1v) is 9.69. The maximum Gasteiger partial charge on any atom is 0.266 e. The second-order valence-electron chi connectivity index (χ2n) is 7.08. The summed E-state index contributed by atoms with van der Waals surface area (Å²) in [4.78, 5) is 34.1. The summed E-state index contributed by atoms with van der Waals surface area (Å²) < 4.78 is 1.49. The molecule has 1 fully saturated rings. The highest BCUT2D eigenvalue weighted by molar-refractivity contribution is 6.05. The van der Waals surface area contributed by atoms with E-state index in [1.54, 1.807) is 24.7 Å². The van der Waals surface area contributed by atoms with Gasteiger partial charge in [-0.2, -0.15) is 5.10 Å². The van der Waals surface area contributed by atoms with Crippen LogP contribution in [0.1, 0.15) is 29.6 Å². The summed E-state index contributed by atoms with van der Waals surface area (Å²) in [6.45, 7) is 2.86. The number of hydrogen-bond acceptors (Lipinski definition) is 5. The van der Waals surface area contributed by atoms with Crippen molar-refractivity contribution in [3.63, 3.8) is 0 Å². The average molecular weight is 380 g/mol. The number of nitrogens with zero attached hydrogens (tertiary/aromatic N) is 4. The van der Waals surface area contributed by atoms with Crippen molar-refractivity contribution in [1.29, 1.82) is 0 Å². The van der Waals surface area contributed by atoms with E-state index >= 15 is 0 Å². The molecule has 28 heavy (non-hydrogen) atoms. The number of hydrogen-bond donors (Lipinski definition) is 2. The van der Waals surface area contributed by atoms with Gasteiger partial charge in [-0.05, 0) is 37.6 Å². The molecule has 1 amide bonds. The van der Waals surface area contributed by atoms with Crippen LogP contribution >= 0.6 is 0 Å². The van der Waals surface area contributed by atoms with Crippen molar-refractivity contribution in [3.05, 3.63) is 58.8 Å². The third-order valence-corrected chi connectivity index (χ3v) is 5.33. The molecule has 0 aromatic carbocycles. The maximum absolute atomic E-state index is 12.7. The molecule has 1 unspecified atom stereocenters. The number of aromatic amines is 1. The Hall–Kier alpha value is -3.00. The molecular weight excluding hydrogens is 356 g/mol. The van der Waals surface area contributed by atoms with E-state index in [2.05, 4.69) is 25.3 Å². The fraction of sp³-hybridized carbons (Fsp3) is 0.400. The monoisotopic (exact) mass is 380 g/mol. The molecule has 3 aromatic heterocycles. The zero-order valence-electron chi connectivity index (χ0n) is 15.7. The van der Waals surface area contributed by atoms with Gasteiger partial charge in [0.15, 0.2) is 0 Å². The fourth-order valence-corrected chi connectivity index (χ4v) is 3.81. The molecule has 1 atom stereocenters. The number of carbonyl (C=O) groups excluding carboxylic acids is 1. The number of fused-ring (bicyclic) bond motifs is 1. The Bertz CT molecular complexity index is 1010. The van der Waals surface area contributed by atoms with Crippen LogP contribution in [0.25, 0.3) is 11.0 Å². The van der Waals surface area contributed by atoms with E-state index in [9.17, 15) is 9.59 Å². The number of likely N-dealkylation sites (tertiary alicyclic amines) is 1. The van der Waals surface area contributed by atoms with Crippen LogP contribution in [-0.2, 0) is 6.54 Å². The van der Waals surface area contributed by atoms with Gasteiger partial charge >= 0.3 is 0 Å². The lowest BCUT2D eigenvalue weighted by Crippen LogP contribution is -2.48. The first kappa shape index (κ1) is 18.4. The third-order valence-electron chi connectivity index (χ3n) is 5.33. The summed E-state index contributed by atoms with van der Waals surface area (Å²) >= 11 is 0. The van der Waals surface area contributed by atoms with Crippen molar-refractivity contribution in [2.75, 3.05) is 19.6 Å². The van der Waals surface area contributed by atoms with Crippen LogP contribution in [0, 0.1) is 0 Å². The normalized spacial score (nSPS) is 17.6. The Balaban J connectivity index is 1.37. The molecule has 1 aliphatic rings. The highest BCUT2D eigenvalue weighted by atomic mass is 16.1. The largest absolute Gasteiger partial charge is 0.350 e. The molecule has 4 heterocycles. The maximum atomic E-state index is 12.7. The molecule has 2 N–H and O–H groups in total. The second-order valence-corrected chi connectivity index (χ2v) is 7.08. The standard InChI is InChI=1S/C20H24N6O2/c27-18-7-4-9-24-26(18)12-11-25-10-2-1-5-15(25)13-23-20(28)17-14-22-19-16(17)6-3-8-21-19/h3-4,6-9,14-15H,1-2,5,10-13H2,(H,21,22)(H,23,28). The predicted octanol–water partition coefficient (Wildman–Crippen LogP) is 1.40. The van der Waals surface area contributed by atoms with E-state index < -0.39 is 0 Å². The number of nitrogens with one attached hydrogen (secondary N) is 2. The van der Waals surface area contributed by atoms with Crippen LogP contribution in [0.3, 0.4) is 0 Å². The number of aromatic nitrogens is 4. The van der Waals surface area contributed by atoms with Gasteiger partial charge in [-0.15, -0.1) is 0 Å². The molecule has 146 valence electrons. The van der Waals surface area contributed by atoms with Gasteiger partial charge in [0.2, 0.25) is 0 Å². The summed E-state index contributed by atoms with van der Waals surface area (Å²) in [5, 5.41) is 8.03. The summed E-state index contributed by atoms with van der Waals surface area (Å²) in [5.41, 5.74) is 1.25. The van der Waals surface area contributed by atoms with E-state index in [-0.39, 0.29) is 17.5 Å². The minimum atomic E-state index is -0.0919. The highest BCUT2D eigenvalue weighted by Crippen LogP contribution is 2.18. The smallest absolute Gasteiger partial charge is 0.266 e. The first-order chi connectivity index (χ1) is 13.7. The van der Waals surface area contributed by atoms with Crippen LogP contribution in [0.15, 0.2) is 47.7 Å². The van der Waals surface area contributed by atoms with Crippen molar-refractivity contribution < 1.29 is 4.79 Å². The Labute approximate surface area is 162 Å². The number of carbonyl (C=O) groups is 1. The lowest BCUT2D eigenvalue weighted by atomic mass is 10.0. The Morgan fingerprint density at radius 3 is 3.00 bits per heavy atom. The zero-order chi connectivity index (χ0) is 19.3. The molecule has 1 aliphatic heterocycles. The minimum Gasteiger partial charge on any atom is -0.350 e. The second kappa shape index (κ2) is 8.35. The van der Waals surface area contributed by atoms with Crippen LogP contribution in [0.2, 0.25) is 0 Å². The number of piperidine rings is 1. The third kappa shape index (κ3) is 3.96. The number of rotatable bonds is 6. The van der Waals surface area contributed by atoms with Crippen molar-refractivity contribution in [2.45, 2.75) is 31.8 Å². The topological polar surface area (TPSA) is 95.9 Å². The van der Waals surface area contributed by atoms with Gasteiger partial charge in [0, 0.05) is 49.2 Å². The fourth-order valence-electron chi connectivity index (χ4n) is 3.81. The average Bonchev–Trinajstić information content (AvgIpc) is 3.16. The van der Waals surface area contributed by atoms with E-state index in [0.29, 0.717) is 24.3 Å². The van der Waals surface area contributed by atoms with E-state index in [4.69, 9.17) is 0 Å². The molecule has 8 heteroatoms. The summed E-state index contributed by atoms with van der Waals surface area (Å²) in [6, 6.07) is 7.16. The molecule has 0 saturated carbocycles. The quantitative estimate of drug-likeness (QED) is 0.674. The lowest BCUT2D eigenvalue weighted by Gasteiger charge is -2.35. The van der Waals surface area contributed by atoms with Crippen LogP contribution in [-0.4, -0.2) is 56.2 Å². The first-order valence-electron chi connectivity index (χ1n) is 9.69. The molecular formula is C20H24N6O2. The van der Waals surface area contributed by atoms with E-state index in [1.807, 2.05) is 12.1 Å². The van der Waals surface area contributed by atoms with Gasteiger partial charge in [0.05, 0.1) is 12.1 Å². The Kier molecular flexibility index (Phi) is 5.48. The molecule has 0 spiro atoms. The zero-order valence-corrected chi connectivity index (χ0v) is 15.7. The number of pyridine rings is 1. The van der Waals surface area contributed by atoms with Crippen molar-refractivity contribution >= 4 is 16.9 Å². The van der Waals surface area contributed by atoms with Gasteiger partial charge in [-0.3, -0.25) is 14.5 Å². The summed E-state index contributed by atoms with van der Waals surface area (Å²) in [5.74, 6) is -0.0919. The highest BCUT2D eigenvalue weighted by Gasteiger charge is 2.23. The SMILES string of the molecule is O=C(NCC1CCCCN1CCn1ncccc1=O)c1c[nH]c2ncccc12. The van der Waals surface area contributed by atoms with Gasteiger partial charge in [0.1, 0.15) is 5.65 Å². The van der Waals surface area contributed by atoms with E-state index in [0.717, 1.165) is 37.7 Å². The summed E-state index contributed by atoms with van der Waals surface area (Å²) in [6.07, 6.45) is 8.36. The molecule has 3 aromatic rings. The molecule has 4 rings (SSSR count). The Morgan fingerprint density at radius 1 is 1.21 bits per heavy atom. The molecule has 0 bridgehead atoms. The van der Waals surface area contributed by atoms with Crippen LogP contribution in [0.5, 0.6) is 0 Å². The minimum absolute atomic E-state index is 0.0858. The molecule has 0 radical (unpaired) electrons. The number of amides is 1. The van der Waals surface area contributed by atoms with Crippen molar-refractivity contribution in [2.24, 2.45) is 0 Å². The summed E-state index contributed by atoms with van der Waals surface area (Å²) in [7, 11) is 0. The molecule has 1 saturated heterocycles. The molecule has 0 aliphatic carbocycles. The van der Waals surface area contributed by atoms with Gasteiger partial charge in [-0.25, -0.2) is 9.67 Å². The number of H-pyrrole nitrogens is 1. The van der Waals surface area contributed by atoms with Gasteiger partial charge in [0.25, 0.3) is 11.5 Å². The van der Waals surface area contributed by atoms with Gasteiger partial charge < -0.3 is 10.3 Å².